The minimum atomic E-state index is -4.53. The van der Waals surface area contributed by atoms with Gasteiger partial charge in [-0.3, -0.25) is 0 Å². The number of benzene rings is 3. The Balaban J connectivity index is 1.84. The van der Waals surface area contributed by atoms with E-state index in [0.717, 1.165) is 17.2 Å². The van der Waals surface area contributed by atoms with Crippen molar-refractivity contribution in [3.8, 4) is 22.4 Å². The molecule has 0 bridgehead atoms. The van der Waals surface area contributed by atoms with E-state index in [1.165, 1.54) is 24.3 Å². The molecule has 0 radical (unpaired) electrons. The highest BCUT2D eigenvalue weighted by Crippen LogP contribution is 2.38. The smallest absolute Gasteiger partial charge is 0.340 e. The van der Waals surface area contributed by atoms with Crippen LogP contribution in [0.1, 0.15) is 16.7 Å². The second-order valence-corrected chi connectivity index (χ2v) is 7.60. The maximum absolute atomic E-state index is 13.8. The van der Waals surface area contributed by atoms with Crippen molar-refractivity contribution in [3.63, 3.8) is 0 Å². The molecule has 0 unspecified atom stereocenters. The van der Waals surface area contributed by atoms with Gasteiger partial charge in [0.2, 0.25) is 0 Å². The van der Waals surface area contributed by atoms with E-state index in [9.17, 15) is 17.6 Å². The normalized spacial score (nSPS) is 11.3. The van der Waals surface area contributed by atoms with Gasteiger partial charge in [-0.25, -0.2) is 9.37 Å². The average Bonchev–Trinajstić information content (AvgIpc) is 2.80. The number of rotatable bonds is 5. The summed E-state index contributed by atoms with van der Waals surface area (Å²) in [5.41, 5.74) is 2.61. The SMILES string of the molecule is C=C(Nc1cc(-c2ccccc2)cc(-c2ccccc2C(F)(F)F)n1)c1cc(F)ccc1C. The van der Waals surface area contributed by atoms with Crippen molar-refractivity contribution in [1.82, 2.24) is 4.98 Å². The van der Waals surface area contributed by atoms with E-state index in [0.29, 0.717) is 22.6 Å². The van der Waals surface area contributed by atoms with E-state index in [1.54, 1.807) is 24.3 Å². The first-order chi connectivity index (χ1) is 15.7. The predicted octanol–water partition coefficient (Wildman–Crippen LogP) is 7.96. The van der Waals surface area contributed by atoms with Gasteiger partial charge in [-0.15, -0.1) is 0 Å². The molecule has 0 atom stereocenters. The largest absolute Gasteiger partial charge is 0.417 e. The van der Waals surface area contributed by atoms with Gasteiger partial charge in [0.15, 0.2) is 0 Å². The van der Waals surface area contributed by atoms with Gasteiger partial charge in [-0.05, 0) is 53.9 Å². The Morgan fingerprint density at radius 2 is 1.55 bits per heavy atom. The fourth-order valence-corrected chi connectivity index (χ4v) is 3.62. The number of anilines is 1. The molecule has 0 spiro atoms. The molecular weight excluding hydrogens is 428 g/mol. The van der Waals surface area contributed by atoms with Crippen LogP contribution in [0, 0.1) is 12.7 Å². The molecule has 6 heteroatoms. The topological polar surface area (TPSA) is 24.9 Å². The molecule has 0 amide bonds. The standard InChI is InChI=1S/C27H20F4N2/c1-17-12-13-21(28)16-23(17)18(2)32-26-15-20(19-8-4-3-5-9-19)14-25(33-26)22-10-6-7-11-24(22)27(29,30)31/h3-16H,2H2,1H3,(H,32,33). The molecule has 4 rings (SSSR count). The molecule has 0 aliphatic heterocycles. The summed E-state index contributed by atoms with van der Waals surface area (Å²) >= 11 is 0. The number of nitrogens with one attached hydrogen (secondary N) is 1. The molecule has 33 heavy (non-hydrogen) atoms. The monoisotopic (exact) mass is 448 g/mol. The first kappa shape index (κ1) is 22.3. The Morgan fingerprint density at radius 3 is 2.27 bits per heavy atom. The minimum absolute atomic E-state index is 0.0293. The summed E-state index contributed by atoms with van der Waals surface area (Å²) in [5, 5.41) is 3.05. The van der Waals surface area contributed by atoms with Crippen LogP contribution in [0.5, 0.6) is 0 Å². The minimum Gasteiger partial charge on any atom is -0.340 e. The van der Waals surface area contributed by atoms with E-state index in [2.05, 4.69) is 16.9 Å². The van der Waals surface area contributed by atoms with Gasteiger partial charge < -0.3 is 5.32 Å². The van der Waals surface area contributed by atoms with Gasteiger partial charge in [0.05, 0.1) is 11.3 Å². The van der Waals surface area contributed by atoms with E-state index in [4.69, 9.17) is 0 Å². The fourth-order valence-electron chi connectivity index (χ4n) is 3.62. The highest BCUT2D eigenvalue weighted by Gasteiger charge is 2.33. The van der Waals surface area contributed by atoms with Gasteiger partial charge in [0.1, 0.15) is 11.6 Å². The molecule has 1 N–H and O–H groups in total. The quantitative estimate of drug-likeness (QED) is 0.313. The zero-order valence-electron chi connectivity index (χ0n) is 17.7. The third kappa shape index (κ3) is 4.95. The molecule has 0 fully saturated rings. The van der Waals surface area contributed by atoms with Crippen LogP contribution in [-0.4, -0.2) is 4.98 Å². The third-order valence-electron chi connectivity index (χ3n) is 5.24. The summed E-state index contributed by atoms with van der Waals surface area (Å²) < 4.78 is 54.8. The molecule has 4 aromatic rings. The van der Waals surface area contributed by atoms with Crippen LogP contribution < -0.4 is 5.32 Å². The highest BCUT2D eigenvalue weighted by atomic mass is 19.4. The van der Waals surface area contributed by atoms with Crippen LogP contribution in [0.3, 0.4) is 0 Å². The van der Waals surface area contributed by atoms with Crippen LogP contribution in [-0.2, 0) is 6.18 Å². The lowest BCUT2D eigenvalue weighted by Crippen LogP contribution is -2.08. The van der Waals surface area contributed by atoms with Crippen LogP contribution in [0.4, 0.5) is 23.4 Å². The third-order valence-corrected chi connectivity index (χ3v) is 5.24. The van der Waals surface area contributed by atoms with Crippen molar-refractivity contribution >= 4 is 11.5 Å². The second kappa shape index (κ2) is 8.90. The molecule has 0 aliphatic rings. The van der Waals surface area contributed by atoms with Gasteiger partial charge >= 0.3 is 6.18 Å². The number of aromatic nitrogens is 1. The molecule has 1 heterocycles. The van der Waals surface area contributed by atoms with Crippen LogP contribution >= 0.6 is 0 Å². The number of alkyl halides is 3. The number of nitrogens with zero attached hydrogens (tertiary/aromatic N) is 1. The number of aryl methyl sites for hydroxylation is 1. The Labute approximate surface area is 189 Å². The van der Waals surface area contributed by atoms with Crippen molar-refractivity contribution in [1.29, 1.82) is 0 Å². The number of pyridine rings is 1. The average molecular weight is 448 g/mol. The predicted molar refractivity (Wildman–Crippen MR) is 124 cm³/mol. The molecule has 2 nitrogen and oxygen atoms in total. The van der Waals surface area contributed by atoms with Gasteiger partial charge in [-0.2, -0.15) is 13.2 Å². The molecule has 166 valence electrons. The summed E-state index contributed by atoms with van der Waals surface area (Å²) in [6.45, 7) is 5.81. The summed E-state index contributed by atoms with van der Waals surface area (Å²) in [6, 6.07) is 22.3. The lowest BCUT2D eigenvalue weighted by Gasteiger charge is -2.16. The number of halogens is 4. The lowest BCUT2D eigenvalue weighted by molar-refractivity contribution is -0.137. The molecule has 3 aromatic carbocycles. The maximum Gasteiger partial charge on any atom is 0.417 e. The number of hydrogen-bond donors (Lipinski definition) is 1. The first-order valence-electron chi connectivity index (χ1n) is 10.2. The molecule has 1 aromatic heterocycles. The van der Waals surface area contributed by atoms with Crippen LogP contribution in [0.25, 0.3) is 28.1 Å². The van der Waals surface area contributed by atoms with Crippen molar-refractivity contribution in [2.75, 3.05) is 5.32 Å². The second-order valence-electron chi connectivity index (χ2n) is 7.60. The Bertz CT molecular complexity index is 1310. The first-order valence-corrected chi connectivity index (χ1v) is 10.2. The lowest BCUT2D eigenvalue weighted by atomic mass is 9.99. The van der Waals surface area contributed by atoms with Crippen molar-refractivity contribution in [2.45, 2.75) is 13.1 Å². The Kier molecular flexibility index (Phi) is 6.01. The van der Waals surface area contributed by atoms with Crippen LogP contribution in [0.2, 0.25) is 0 Å². The van der Waals surface area contributed by atoms with E-state index < -0.39 is 17.6 Å². The van der Waals surface area contributed by atoms with E-state index >= 15 is 0 Å². The maximum atomic E-state index is 13.8. The fraction of sp³-hybridized carbons (Fsp3) is 0.0741. The molecular formula is C27H20F4N2. The molecule has 0 saturated carbocycles. The summed E-state index contributed by atoms with van der Waals surface area (Å²) in [5.74, 6) is -0.110. The highest BCUT2D eigenvalue weighted by molar-refractivity contribution is 5.80. The summed E-state index contributed by atoms with van der Waals surface area (Å²) in [6.07, 6.45) is -4.53. The number of hydrogen-bond acceptors (Lipinski definition) is 2. The van der Waals surface area contributed by atoms with E-state index in [1.807, 2.05) is 37.3 Å². The summed E-state index contributed by atoms with van der Waals surface area (Å²) in [7, 11) is 0. The van der Waals surface area contributed by atoms with Gasteiger partial charge in [0.25, 0.3) is 0 Å². The van der Waals surface area contributed by atoms with Crippen molar-refractivity contribution in [3.05, 3.63) is 114 Å². The summed E-state index contributed by atoms with van der Waals surface area (Å²) in [4.78, 5) is 4.46. The molecule has 0 saturated heterocycles. The van der Waals surface area contributed by atoms with Gasteiger partial charge in [-0.1, -0.05) is 61.2 Å². The van der Waals surface area contributed by atoms with Gasteiger partial charge in [0, 0.05) is 16.8 Å². The molecule has 0 aliphatic carbocycles. The van der Waals surface area contributed by atoms with E-state index in [-0.39, 0.29) is 11.3 Å². The van der Waals surface area contributed by atoms with Crippen molar-refractivity contribution in [2.24, 2.45) is 0 Å². The zero-order chi connectivity index (χ0) is 23.6. The van der Waals surface area contributed by atoms with Crippen molar-refractivity contribution < 1.29 is 17.6 Å². The Morgan fingerprint density at radius 1 is 0.848 bits per heavy atom. The Hall–Kier alpha value is -3.93. The van der Waals surface area contributed by atoms with Crippen LogP contribution in [0.15, 0.2) is 91.5 Å². The zero-order valence-corrected chi connectivity index (χ0v) is 17.7.